The van der Waals surface area contributed by atoms with Crippen LogP contribution in [0.25, 0.3) is 11.0 Å². The summed E-state index contributed by atoms with van der Waals surface area (Å²) in [6.07, 6.45) is 0. The Morgan fingerprint density at radius 1 is 1.16 bits per heavy atom. The molecule has 4 rings (SSSR count). The summed E-state index contributed by atoms with van der Waals surface area (Å²) >= 11 is 0. The highest BCUT2D eigenvalue weighted by Gasteiger charge is 2.39. The Morgan fingerprint density at radius 3 is 2.68 bits per heavy atom. The molecule has 0 bridgehead atoms. The average molecular weight is 423 g/mol. The maximum atomic E-state index is 13.0. The molecule has 0 radical (unpaired) electrons. The van der Waals surface area contributed by atoms with Crippen molar-refractivity contribution in [2.75, 3.05) is 13.2 Å². The van der Waals surface area contributed by atoms with Gasteiger partial charge >= 0.3 is 11.6 Å². The molecule has 2 aromatic carbocycles. The summed E-state index contributed by atoms with van der Waals surface area (Å²) in [6, 6.07) is 11.4. The van der Waals surface area contributed by atoms with E-state index in [0.29, 0.717) is 23.1 Å². The molecule has 160 valence electrons. The van der Waals surface area contributed by atoms with Gasteiger partial charge in [0.05, 0.1) is 30.1 Å². The minimum atomic E-state index is -0.941. The second-order valence-corrected chi connectivity index (χ2v) is 6.82. The summed E-state index contributed by atoms with van der Waals surface area (Å²) in [5.74, 6) is -1.47. The highest BCUT2D eigenvalue weighted by atomic mass is 16.5. The van der Waals surface area contributed by atoms with Gasteiger partial charge in [-0.15, -0.1) is 0 Å². The lowest BCUT2D eigenvalue weighted by atomic mass is 9.83. The van der Waals surface area contributed by atoms with Crippen LogP contribution in [-0.4, -0.2) is 24.3 Å². The quantitative estimate of drug-likeness (QED) is 0.474. The Bertz CT molecular complexity index is 1260. The maximum absolute atomic E-state index is 13.0. The monoisotopic (exact) mass is 423 g/mol. The molecular weight excluding hydrogens is 402 g/mol. The Kier molecular flexibility index (Phi) is 5.29. The fourth-order valence-corrected chi connectivity index (χ4v) is 3.69. The molecule has 1 unspecified atom stereocenters. The predicted molar refractivity (Wildman–Crippen MR) is 112 cm³/mol. The molecule has 1 aliphatic rings. The summed E-state index contributed by atoms with van der Waals surface area (Å²) < 4.78 is 21.9. The molecular formula is C23H21NO7. The number of carbonyl (C=O) groups is 1. The second kappa shape index (κ2) is 8.06. The topological polar surface area (TPSA) is 121 Å². The molecule has 1 aromatic heterocycles. The number of aromatic hydroxyl groups is 1. The number of esters is 1. The normalized spacial score (nSPS) is 15.4. The number of hydrogen-bond donors (Lipinski definition) is 2. The van der Waals surface area contributed by atoms with Crippen LogP contribution in [0.15, 0.2) is 63.1 Å². The van der Waals surface area contributed by atoms with E-state index >= 15 is 0 Å². The minimum Gasteiger partial charge on any atom is -0.504 e. The van der Waals surface area contributed by atoms with Crippen LogP contribution in [0.1, 0.15) is 30.9 Å². The van der Waals surface area contributed by atoms with Crippen molar-refractivity contribution in [3.63, 3.8) is 0 Å². The number of rotatable bonds is 5. The number of fused-ring (bicyclic) bond motifs is 3. The van der Waals surface area contributed by atoms with E-state index < -0.39 is 17.5 Å². The molecule has 3 N–H and O–H groups in total. The molecule has 1 aliphatic heterocycles. The van der Waals surface area contributed by atoms with E-state index in [1.807, 2.05) is 0 Å². The van der Waals surface area contributed by atoms with Gasteiger partial charge in [-0.25, -0.2) is 9.59 Å². The van der Waals surface area contributed by atoms with Gasteiger partial charge in [0.1, 0.15) is 11.2 Å². The number of ether oxygens (including phenoxy) is 3. The highest BCUT2D eigenvalue weighted by Crippen LogP contribution is 2.45. The maximum Gasteiger partial charge on any atom is 0.344 e. The van der Waals surface area contributed by atoms with E-state index in [9.17, 15) is 14.7 Å². The van der Waals surface area contributed by atoms with Crippen molar-refractivity contribution in [1.29, 1.82) is 0 Å². The fourth-order valence-electron chi connectivity index (χ4n) is 3.69. The molecule has 0 spiro atoms. The third-order valence-electron chi connectivity index (χ3n) is 4.97. The number of carbonyl (C=O) groups excluding carboxylic acids is 1. The number of phenols is 1. The van der Waals surface area contributed by atoms with Crippen LogP contribution < -0.4 is 20.8 Å². The number of nitrogens with two attached hydrogens (primary N) is 1. The zero-order chi connectivity index (χ0) is 22.1. The van der Waals surface area contributed by atoms with Gasteiger partial charge < -0.3 is 29.5 Å². The van der Waals surface area contributed by atoms with E-state index in [1.165, 1.54) is 6.07 Å². The summed E-state index contributed by atoms with van der Waals surface area (Å²) in [6.45, 7) is 3.87. The molecule has 0 aliphatic carbocycles. The number of benzene rings is 2. The molecule has 0 saturated carbocycles. The lowest BCUT2D eigenvalue weighted by Crippen LogP contribution is -2.31. The molecule has 1 atom stereocenters. The Morgan fingerprint density at radius 2 is 1.94 bits per heavy atom. The SMILES string of the molecule is CCOC(=O)C1=C(N)Oc2c(c(=O)oc3ccccc23)C1c1ccc(O)c(OCC)c1. The van der Waals surface area contributed by atoms with Gasteiger partial charge in [-0.3, -0.25) is 0 Å². The van der Waals surface area contributed by atoms with Crippen LogP contribution in [0, 0.1) is 0 Å². The predicted octanol–water partition coefficient (Wildman–Crippen LogP) is 3.16. The molecule has 0 saturated heterocycles. The first-order chi connectivity index (χ1) is 15.0. The first-order valence-electron chi connectivity index (χ1n) is 9.82. The largest absolute Gasteiger partial charge is 0.504 e. The molecule has 2 heterocycles. The Hall–Kier alpha value is -3.94. The third-order valence-corrected chi connectivity index (χ3v) is 4.97. The van der Waals surface area contributed by atoms with Crippen LogP contribution in [0.3, 0.4) is 0 Å². The smallest absolute Gasteiger partial charge is 0.344 e. The van der Waals surface area contributed by atoms with Gasteiger partial charge in [-0.2, -0.15) is 0 Å². The molecule has 0 amide bonds. The van der Waals surface area contributed by atoms with E-state index in [2.05, 4.69) is 0 Å². The third kappa shape index (κ3) is 3.46. The van der Waals surface area contributed by atoms with E-state index in [1.54, 1.807) is 50.2 Å². The van der Waals surface area contributed by atoms with Crippen molar-refractivity contribution in [2.24, 2.45) is 5.73 Å². The standard InChI is InChI=1S/C23H21NO7/c1-3-28-16-11-12(9-10-14(16)25)17-18-20(31-21(24)19(17)22(26)29-4-2)13-7-5-6-8-15(13)30-23(18)27/h5-11,17,25H,3-4,24H2,1-2H3. The van der Waals surface area contributed by atoms with Gasteiger partial charge in [0.25, 0.3) is 0 Å². The van der Waals surface area contributed by atoms with Gasteiger partial charge in [0.15, 0.2) is 17.2 Å². The van der Waals surface area contributed by atoms with Gasteiger partial charge in [0.2, 0.25) is 5.88 Å². The van der Waals surface area contributed by atoms with Crippen LogP contribution in [0.5, 0.6) is 17.2 Å². The van der Waals surface area contributed by atoms with Crippen LogP contribution in [0.4, 0.5) is 0 Å². The Labute approximate surface area is 177 Å². The Balaban J connectivity index is 2.02. The lowest BCUT2D eigenvalue weighted by molar-refractivity contribution is -0.139. The number of hydrogen-bond acceptors (Lipinski definition) is 8. The van der Waals surface area contributed by atoms with Crippen LogP contribution in [-0.2, 0) is 9.53 Å². The second-order valence-electron chi connectivity index (χ2n) is 6.82. The summed E-state index contributed by atoms with van der Waals surface area (Å²) in [4.78, 5) is 25.8. The van der Waals surface area contributed by atoms with E-state index in [4.69, 9.17) is 24.4 Å². The van der Waals surface area contributed by atoms with Crippen molar-refractivity contribution < 1.29 is 28.5 Å². The molecule has 8 heteroatoms. The van der Waals surface area contributed by atoms with Crippen molar-refractivity contribution in [3.8, 4) is 17.2 Å². The van der Waals surface area contributed by atoms with Gasteiger partial charge in [-0.05, 0) is 43.7 Å². The zero-order valence-corrected chi connectivity index (χ0v) is 17.0. The lowest BCUT2D eigenvalue weighted by Gasteiger charge is -2.28. The van der Waals surface area contributed by atoms with Crippen LogP contribution >= 0.6 is 0 Å². The van der Waals surface area contributed by atoms with Crippen molar-refractivity contribution in [1.82, 2.24) is 0 Å². The van der Waals surface area contributed by atoms with Gasteiger partial charge in [0, 0.05) is 0 Å². The van der Waals surface area contributed by atoms with Gasteiger partial charge in [-0.1, -0.05) is 18.2 Å². The minimum absolute atomic E-state index is 0.0231. The molecule has 8 nitrogen and oxygen atoms in total. The average Bonchev–Trinajstić information content (AvgIpc) is 2.75. The van der Waals surface area contributed by atoms with Crippen LogP contribution in [0.2, 0.25) is 0 Å². The highest BCUT2D eigenvalue weighted by molar-refractivity contribution is 5.94. The molecule has 0 fully saturated rings. The number of phenolic OH excluding ortho intramolecular Hbond substituents is 1. The number of para-hydroxylation sites is 1. The van der Waals surface area contributed by atoms with Crippen molar-refractivity contribution in [2.45, 2.75) is 19.8 Å². The zero-order valence-electron chi connectivity index (χ0n) is 17.0. The summed E-state index contributed by atoms with van der Waals surface area (Å²) in [5, 5.41) is 10.6. The van der Waals surface area contributed by atoms with E-state index in [-0.39, 0.29) is 40.9 Å². The fraction of sp³-hybridized carbons (Fsp3) is 0.217. The first-order valence-corrected chi connectivity index (χ1v) is 9.82. The molecule has 31 heavy (non-hydrogen) atoms. The summed E-state index contributed by atoms with van der Waals surface area (Å²) in [7, 11) is 0. The first kappa shape index (κ1) is 20.3. The van der Waals surface area contributed by atoms with E-state index in [0.717, 1.165) is 0 Å². The van der Waals surface area contributed by atoms with Crippen molar-refractivity contribution in [3.05, 3.63) is 75.5 Å². The molecule has 3 aromatic rings. The summed E-state index contributed by atoms with van der Waals surface area (Å²) in [5.41, 5.74) is 6.41. The van der Waals surface area contributed by atoms with Crippen molar-refractivity contribution >= 4 is 16.9 Å².